The lowest BCUT2D eigenvalue weighted by molar-refractivity contribution is 0.471. The normalized spacial score (nSPS) is 20.3. The van der Waals surface area contributed by atoms with Crippen molar-refractivity contribution < 1.29 is 8.42 Å². The van der Waals surface area contributed by atoms with Crippen LogP contribution in [0.5, 0.6) is 0 Å². The van der Waals surface area contributed by atoms with Crippen molar-refractivity contribution in [3.05, 3.63) is 23.5 Å². The van der Waals surface area contributed by atoms with Gasteiger partial charge in [-0.3, -0.25) is 0 Å². The van der Waals surface area contributed by atoms with E-state index in [1.54, 1.807) is 0 Å². The molecule has 18 heavy (non-hydrogen) atoms. The largest absolute Gasteiger partial charge is 0.243 e. The van der Waals surface area contributed by atoms with E-state index in [1.165, 1.54) is 18.3 Å². The van der Waals surface area contributed by atoms with Crippen LogP contribution in [0.25, 0.3) is 0 Å². The zero-order valence-electron chi connectivity index (χ0n) is 9.84. The van der Waals surface area contributed by atoms with Crippen molar-refractivity contribution in [1.82, 2.24) is 9.71 Å². The SMILES string of the molecule is O=S(=O)(NC(C1CC1)C1CC1)c1ccc(Cl)nc1. The molecule has 0 radical (unpaired) electrons. The molecule has 0 atom stereocenters. The Kier molecular flexibility index (Phi) is 3.08. The Bertz CT molecular complexity index is 524. The summed E-state index contributed by atoms with van der Waals surface area (Å²) in [6.45, 7) is 0. The summed E-state index contributed by atoms with van der Waals surface area (Å²) in [6, 6.07) is 3.11. The lowest BCUT2D eigenvalue weighted by atomic mass is 10.1. The van der Waals surface area contributed by atoms with Crippen molar-refractivity contribution in [2.75, 3.05) is 0 Å². The Morgan fingerprint density at radius 1 is 1.22 bits per heavy atom. The van der Waals surface area contributed by atoms with Crippen LogP contribution in [0, 0.1) is 11.8 Å². The number of aromatic nitrogens is 1. The van der Waals surface area contributed by atoms with Crippen LogP contribution in [-0.4, -0.2) is 19.4 Å². The van der Waals surface area contributed by atoms with Crippen molar-refractivity contribution in [2.45, 2.75) is 36.6 Å². The molecule has 4 nitrogen and oxygen atoms in total. The van der Waals surface area contributed by atoms with Gasteiger partial charge in [0.2, 0.25) is 10.0 Å². The van der Waals surface area contributed by atoms with Crippen molar-refractivity contribution in [3.63, 3.8) is 0 Å². The second-order valence-corrected chi connectivity index (χ2v) is 7.24. The van der Waals surface area contributed by atoms with E-state index in [4.69, 9.17) is 11.6 Å². The second kappa shape index (κ2) is 4.47. The molecular weight excluding hydrogens is 272 g/mol. The predicted octanol–water partition coefficient (Wildman–Crippen LogP) is 2.20. The highest BCUT2D eigenvalue weighted by Gasteiger charge is 2.43. The molecule has 0 amide bonds. The van der Waals surface area contributed by atoms with Gasteiger partial charge in [0.1, 0.15) is 10.0 Å². The molecule has 3 rings (SSSR count). The van der Waals surface area contributed by atoms with Gasteiger partial charge < -0.3 is 0 Å². The smallest absolute Gasteiger partial charge is 0.242 e. The average molecular weight is 287 g/mol. The Morgan fingerprint density at radius 2 is 1.83 bits per heavy atom. The summed E-state index contributed by atoms with van der Waals surface area (Å²) in [5.41, 5.74) is 0. The third kappa shape index (κ3) is 2.68. The van der Waals surface area contributed by atoms with Crippen LogP contribution < -0.4 is 4.72 Å². The Hall–Kier alpha value is -0.650. The molecular formula is C12H15ClN2O2S. The fraction of sp³-hybridized carbons (Fsp3) is 0.583. The standard InChI is InChI=1S/C12H15ClN2O2S/c13-11-6-5-10(7-14-11)18(16,17)15-12(8-1-2-8)9-3-4-9/h5-9,12,15H,1-4H2. The molecule has 0 spiro atoms. The third-order valence-electron chi connectivity index (χ3n) is 3.56. The Morgan fingerprint density at radius 3 is 2.28 bits per heavy atom. The topological polar surface area (TPSA) is 59.1 Å². The van der Waals surface area contributed by atoms with Gasteiger partial charge in [0, 0.05) is 12.2 Å². The lowest BCUT2D eigenvalue weighted by Gasteiger charge is -2.17. The zero-order valence-corrected chi connectivity index (χ0v) is 11.4. The maximum Gasteiger partial charge on any atom is 0.242 e. The van der Waals surface area contributed by atoms with E-state index < -0.39 is 10.0 Å². The van der Waals surface area contributed by atoms with Gasteiger partial charge in [0.15, 0.2) is 0 Å². The number of hydrogen-bond acceptors (Lipinski definition) is 3. The maximum absolute atomic E-state index is 12.2. The first kappa shape index (κ1) is 12.4. The van der Waals surface area contributed by atoms with Gasteiger partial charge in [-0.15, -0.1) is 0 Å². The van der Waals surface area contributed by atoms with E-state index in [1.807, 2.05) is 0 Å². The fourth-order valence-electron chi connectivity index (χ4n) is 2.26. The highest BCUT2D eigenvalue weighted by molar-refractivity contribution is 7.89. The molecule has 1 aromatic rings. The van der Waals surface area contributed by atoms with Crippen LogP contribution >= 0.6 is 11.6 Å². The molecule has 0 aromatic carbocycles. The first-order chi connectivity index (χ1) is 8.56. The van der Waals surface area contributed by atoms with Crippen LogP contribution in [0.3, 0.4) is 0 Å². The van der Waals surface area contributed by atoms with Crippen molar-refractivity contribution in [3.8, 4) is 0 Å². The number of nitrogens with one attached hydrogen (secondary N) is 1. The van der Waals surface area contributed by atoms with Gasteiger partial charge >= 0.3 is 0 Å². The van der Waals surface area contributed by atoms with Crippen LogP contribution in [-0.2, 0) is 10.0 Å². The van der Waals surface area contributed by atoms with E-state index in [0.29, 0.717) is 17.0 Å². The Labute approximate surface area is 112 Å². The quantitative estimate of drug-likeness (QED) is 0.844. The molecule has 2 aliphatic carbocycles. The zero-order chi connectivity index (χ0) is 12.8. The number of pyridine rings is 1. The molecule has 98 valence electrons. The van der Waals surface area contributed by atoms with Gasteiger partial charge in [-0.25, -0.2) is 18.1 Å². The van der Waals surface area contributed by atoms with Crippen molar-refractivity contribution in [1.29, 1.82) is 0 Å². The summed E-state index contributed by atoms with van der Waals surface area (Å²) < 4.78 is 27.3. The minimum absolute atomic E-state index is 0.116. The molecule has 6 heteroatoms. The molecule has 1 aromatic heterocycles. The molecule has 2 aliphatic rings. The summed E-state index contributed by atoms with van der Waals surface area (Å²) in [5, 5.41) is 0.301. The molecule has 0 unspecified atom stereocenters. The van der Waals surface area contributed by atoms with Crippen LogP contribution in [0.4, 0.5) is 0 Å². The highest BCUT2D eigenvalue weighted by Crippen LogP contribution is 2.45. The average Bonchev–Trinajstić information content (AvgIpc) is 3.18. The third-order valence-corrected chi connectivity index (χ3v) is 5.23. The summed E-state index contributed by atoms with van der Waals surface area (Å²) >= 11 is 5.66. The number of rotatable bonds is 5. The molecule has 0 aliphatic heterocycles. The summed E-state index contributed by atoms with van der Waals surface area (Å²) in [5.74, 6) is 1.07. The van der Waals surface area contributed by atoms with Crippen molar-refractivity contribution in [2.24, 2.45) is 11.8 Å². The predicted molar refractivity (Wildman–Crippen MR) is 68.8 cm³/mol. The highest BCUT2D eigenvalue weighted by atomic mass is 35.5. The molecule has 0 saturated heterocycles. The molecule has 2 saturated carbocycles. The van der Waals surface area contributed by atoms with Crippen molar-refractivity contribution >= 4 is 21.6 Å². The van der Waals surface area contributed by atoms with Crippen LogP contribution in [0.2, 0.25) is 5.15 Å². The fourth-order valence-corrected chi connectivity index (χ4v) is 3.69. The number of nitrogens with zero attached hydrogens (tertiary/aromatic N) is 1. The second-order valence-electron chi connectivity index (χ2n) is 5.14. The van der Waals surface area contributed by atoms with E-state index in [-0.39, 0.29) is 10.9 Å². The maximum atomic E-state index is 12.2. The number of sulfonamides is 1. The summed E-state index contributed by atoms with van der Waals surface area (Å²) in [6.07, 6.45) is 5.87. The summed E-state index contributed by atoms with van der Waals surface area (Å²) in [7, 11) is -3.46. The van der Waals surface area contributed by atoms with E-state index in [0.717, 1.165) is 25.7 Å². The van der Waals surface area contributed by atoms with Crippen LogP contribution in [0.15, 0.2) is 23.2 Å². The van der Waals surface area contributed by atoms with E-state index >= 15 is 0 Å². The van der Waals surface area contributed by atoms with E-state index in [9.17, 15) is 8.42 Å². The van der Waals surface area contributed by atoms with Gasteiger partial charge in [-0.05, 0) is 49.7 Å². The minimum Gasteiger partial charge on any atom is -0.243 e. The number of halogens is 1. The molecule has 0 bridgehead atoms. The van der Waals surface area contributed by atoms with Crippen LogP contribution in [0.1, 0.15) is 25.7 Å². The monoisotopic (exact) mass is 286 g/mol. The molecule has 1 heterocycles. The van der Waals surface area contributed by atoms with Gasteiger partial charge in [-0.2, -0.15) is 0 Å². The van der Waals surface area contributed by atoms with Gasteiger partial charge in [0.25, 0.3) is 0 Å². The first-order valence-corrected chi connectivity index (χ1v) is 8.06. The Balaban J connectivity index is 1.78. The van der Waals surface area contributed by atoms with E-state index in [2.05, 4.69) is 9.71 Å². The first-order valence-electron chi connectivity index (χ1n) is 6.20. The lowest BCUT2D eigenvalue weighted by Crippen LogP contribution is -2.38. The molecule has 1 N–H and O–H groups in total. The number of hydrogen-bond donors (Lipinski definition) is 1. The molecule has 2 fully saturated rings. The summed E-state index contributed by atoms with van der Waals surface area (Å²) in [4.78, 5) is 4.01. The minimum atomic E-state index is -3.46. The van der Waals surface area contributed by atoms with Gasteiger partial charge in [0.05, 0.1) is 0 Å². The van der Waals surface area contributed by atoms with Gasteiger partial charge in [-0.1, -0.05) is 11.6 Å².